The molecule has 1 aromatic rings. The Morgan fingerprint density at radius 2 is 2.20 bits per heavy atom. The van der Waals surface area contributed by atoms with Crippen molar-refractivity contribution < 1.29 is 4.79 Å². The second kappa shape index (κ2) is 7.85. The molecule has 0 radical (unpaired) electrons. The molecule has 0 aliphatic carbocycles. The lowest BCUT2D eigenvalue weighted by atomic mass is 10.2. The smallest absolute Gasteiger partial charge is 0.254 e. The average molecular weight is 276 g/mol. The van der Waals surface area contributed by atoms with Crippen molar-refractivity contribution in [1.29, 1.82) is 0 Å². The number of carbonyl (C=O) groups excluding carboxylic acids is 1. The molecule has 1 amide bonds. The molecular formula is C15H24N4O. The van der Waals surface area contributed by atoms with Crippen molar-refractivity contribution in [3.8, 4) is 0 Å². The van der Waals surface area contributed by atoms with Gasteiger partial charge in [0.2, 0.25) is 0 Å². The van der Waals surface area contributed by atoms with E-state index in [2.05, 4.69) is 20.5 Å². The molecule has 1 aromatic heterocycles. The molecule has 0 aromatic carbocycles. The predicted molar refractivity (Wildman–Crippen MR) is 81.0 cm³/mol. The Morgan fingerprint density at radius 3 is 2.95 bits per heavy atom. The Bertz CT molecular complexity index is 430. The van der Waals surface area contributed by atoms with Gasteiger partial charge in [-0.25, -0.2) is 0 Å². The van der Waals surface area contributed by atoms with Gasteiger partial charge >= 0.3 is 0 Å². The number of likely N-dealkylation sites (tertiary alicyclic amines) is 1. The van der Waals surface area contributed by atoms with Gasteiger partial charge in [0.05, 0.1) is 11.3 Å². The summed E-state index contributed by atoms with van der Waals surface area (Å²) in [6, 6.07) is 1.84. The van der Waals surface area contributed by atoms with Crippen LogP contribution in [0.25, 0.3) is 0 Å². The van der Waals surface area contributed by atoms with Crippen molar-refractivity contribution >= 4 is 11.6 Å². The Balaban J connectivity index is 1.76. The van der Waals surface area contributed by atoms with Crippen LogP contribution < -0.4 is 10.6 Å². The summed E-state index contributed by atoms with van der Waals surface area (Å²) in [6.45, 7) is 7.02. The second-order valence-electron chi connectivity index (χ2n) is 5.11. The fraction of sp³-hybridized carbons (Fsp3) is 0.600. The zero-order chi connectivity index (χ0) is 14.2. The molecule has 1 saturated heterocycles. The second-order valence-corrected chi connectivity index (χ2v) is 5.11. The number of nitrogens with zero attached hydrogens (tertiary/aromatic N) is 2. The van der Waals surface area contributed by atoms with E-state index in [9.17, 15) is 4.79 Å². The highest BCUT2D eigenvalue weighted by Crippen LogP contribution is 2.13. The first-order chi connectivity index (χ1) is 9.81. The summed E-state index contributed by atoms with van der Waals surface area (Å²) < 4.78 is 0. The average Bonchev–Trinajstić information content (AvgIpc) is 2.97. The molecule has 20 heavy (non-hydrogen) atoms. The molecular weight excluding hydrogens is 252 g/mol. The summed E-state index contributed by atoms with van der Waals surface area (Å²) in [5.41, 5.74) is 1.47. The molecule has 1 aliphatic rings. The maximum absolute atomic E-state index is 12.1. The lowest BCUT2D eigenvalue weighted by Crippen LogP contribution is -2.29. The maximum atomic E-state index is 12.1. The fourth-order valence-corrected chi connectivity index (χ4v) is 2.53. The predicted octanol–water partition coefficient (Wildman–Crippen LogP) is 1.73. The van der Waals surface area contributed by atoms with Gasteiger partial charge in [0.15, 0.2) is 0 Å². The summed E-state index contributed by atoms with van der Waals surface area (Å²) in [5, 5.41) is 6.16. The molecule has 0 unspecified atom stereocenters. The first-order valence-electron chi connectivity index (χ1n) is 7.49. The third kappa shape index (κ3) is 4.20. The highest BCUT2D eigenvalue weighted by atomic mass is 16.1. The Labute approximate surface area is 120 Å². The number of aromatic nitrogens is 1. The van der Waals surface area contributed by atoms with E-state index in [4.69, 9.17) is 0 Å². The van der Waals surface area contributed by atoms with Gasteiger partial charge in [0.25, 0.3) is 5.91 Å². The van der Waals surface area contributed by atoms with E-state index >= 15 is 0 Å². The molecule has 0 spiro atoms. The highest BCUT2D eigenvalue weighted by Gasteiger charge is 2.12. The van der Waals surface area contributed by atoms with Crippen LogP contribution in [0, 0.1) is 0 Å². The van der Waals surface area contributed by atoms with Crippen LogP contribution in [0.3, 0.4) is 0 Å². The van der Waals surface area contributed by atoms with Crippen molar-refractivity contribution in [2.24, 2.45) is 0 Å². The van der Waals surface area contributed by atoms with Crippen molar-refractivity contribution in [3.63, 3.8) is 0 Å². The van der Waals surface area contributed by atoms with Gasteiger partial charge in [-0.2, -0.15) is 0 Å². The molecule has 2 N–H and O–H groups in total. The lowest BCUT2D eigenvalue weighted by Gasteiger charge is -2.15. The molecule has 5 nitrogen and oxygen atoms in total. The largest absolute Gasteiger partial charge is 0.385 e. The number of pyridine rings is 1. The minimum atomic E-state index is -0.0459. The van der Waals surface area contributed by atoms with E-state index in [1.165, 1.54) is 25.9 Å². The number of amides is 1. The van der Waals surface area contributed by atoms with Gasteiger partial charge in [0.1, 0.15) is 0 Å². The molecule has 1 fully saturated rings. The quantitative estimate of drug-likeness (QED) is 0.745. The van der Waals surface area contributed by atoms with Crippen LogP contribution in [0.4, 0.5) is 5.69 Å². The van der Waals surface area contributed by atoms with Crippen molar-refractivity contribution in [1.82, 2.24) is 15.2 Å². The van der Waals surface area contributed by atoms with Crippen LogP contribution in [0.15, 0.2) is 18.5 Å². The van der Waals surface area contributed by atoms with Gasteiger partial charge in [-0.1, -0.05) is 0 Å². The number of nitrogens with one attached hydrogen (secondary N) is 2. The third-order valence-corrected chi connectivity index (χ3v) is 3.57. The van der Waals surface area contributed by atoms with Gasteiger partial charge < -0.3 is 15.5 Å². The SMILES string of the molecule is CCNc1ccncc1C(=O)NCCCN1CCCC1. The monoisotopic (exact) mass is 276 g/mol. The fourth-order valence-electron chi connectivity index (χ4n) is 2.53. The van der Waals surface area contributed by atoms with Crippen LogP contribution in [0.5, 0.6) is 0 Å². The molecule has 1 aliphatic heterocycles. The van der Waals surface area contributed by atoms with Gasteiger partial charge in [-0.15, -0.1) is 0 Å². The van der Waals surface area contributed by atoms with Crippen LogP contribution in [0.2, 0.25) is 0 Å². The number of hydrogen-bond acceptors (Lipinski definition) is 4. The zero-order valence-electron chi connectivity index (χ0n) is 12.2. The maximum Gasteiger partial charge on any atom is 0.254 e. The number of carbonyl (C=O) groups is 1. The van der Waals surface area contributed by atoms with E-state index in [0.29, 0.717) is 5.56 Å². The summed E-state index contributed by atoms with van der Waals surface area (Å²) in [4.78, 5) is 18.6. The molecule has 0 saturated carbocycles. The first kappa shape index (κ1) is 14.8. The van der Waals surface area contributed by atoms with Gasteiger partial charge in [-0.05, 0) is 51.9 Å². The number of anilines is 1. The zero-order valence-corrected chi connectivity index (χ0v) is 12.2. The van der Waals surface area contributed by atoms with Crippen molar-refractivity contribution in [3.05, 3.63) is 24.0 Å². The van der Waals surface area contributed by atoms with Crippen LogP contribution in [-0.2, 0) is 0 Å². The Hall–Kier alpha value is -1.62. The number of hydrogen-bond donors (Lipinski definition) is 2. The Kier molecular flexibility index (Phi) is 5.80. The minimum Gasteiger partial charge on any atom is -0.385 e. The van der Waals surface area contributed by atoms with E-state index in [0.717, 1.165) is 31.7 Å². The van der Waals surface area contributed by atoms with E-state index < -0.39 is 0 Å². The Morgan fingerprint density at radius 1 is 1.40 bits per heavy atom. The summed E-state index contributed by atoms with van der Waals surface area (Å²) in [7, 11) is 0. The number of rotatable bonds is 7. The van der Waals surface area contributed by atoms with Crippen molar-refractivity contribution in [2.75, 3.05) is 38.0 Å². The summed E-state index contributed by atoms with van der Waals surface area (Å²) in [5.74, 6) is -0.0459. The lowest BCUT2D eigenvalue weighted by molar-refractivity contribution is 0.0952. The minimum absolute atomic E-state index is 0.0459. The summed E-state index contributed by atoms with van der Waals surface area (Å²) >= 11 is 0. The van der Waals surface area contributed by atoms with Crippen LogP contribution in [-0.4, -0.2) is 48.5 Å². The van der Waals surface area contributed by atoms with Gasteiger partial charge in [0, 0.05) is 25.5 Å². The molecule has 0 atom stereocenters. The van der Waals surface area contributed by atoms with Gasteiger partial charge in [-0.3, -0.25) is 9.78 Å². The van der Waals surface area contributed by atoms with E-state index in [1.807, 2.05) is 13.0 Å². The summed E-state index contributed by atoms with van der Waals surface area (Å²) in [6.07, 6.45) is 6.95. The van der Waals surface area contributed by atoms with E-state index in [1.54, 1.807) is 12.4 Å². The topological polar surface area (TPSA) is 57.3 Å². The molecule has 2 rings (SSSR count). The van der Waals surface area contributed by atoms with Crippen LogP contribution in [0.1, 0.15) is 36.5 Å². The standard InChI is InChI=1S/C15H24N4O/c1-2-17-14-6-8-16-12-13(14)15(20)18-7-5-11-19-9-3-4-10-19/h6,8,12H,2-5,7,9-11H2,1H3,(H,16,17)(H,18,20). The molecule has 5 heteroatoms. The first-order valence-corrected chi connectivity index (χ1v) is 7.49. The van der Waals surface area contributed by atoms with Crippen LogP contribution >= 0.6 is 0 Å². The van der Waals surface area contributed by atoms with Crippen molar-refractivity contribution in [2.45, 2.75) is 26.2 Å². The molecule has 2 heterocycles. The molecule has 110 valence electrons. The third-order valence-electron chi connectivity index (χ3n) is 3.57. The molecule has 0 bridgehead atoms. The normalized spacial score (nSPS) is 15.2. The van der Waals surface area contributed by atoms with E-state index in [-0.39, 0.29) is 5.91 Å². The highest BCUT2D eigenvalue weighted by molar-refractivity contribution is 5.99.